The van der Waals surface area contributed by atoms with Crippen LogP contribution in [0.5, 0.6) is 11.5 Å². The van der Waals surface area contributed by atoms with Crippen LogP contribution in [0.25, 0.3) is 22.0 Å². The van der Waals surface area contributed by atoms with Gasteiger partial charge in [-0.1, -0.05) is 24.3 Å². The summed E-state index contributed by atoms with van der Waals surface area (Å²) in [5.41, 5.74) is 3.63. The highest BCUT2D eigenvalue weighted by atomic mass is 16.5. The number of H-pyrrole nitrogens is 1. The molecule has 1 fully saturated rings. The maximum atomic E-state index is 12.5. The van der Waals surface area contributed by atoms with Crippen molar-refractivity contribution in [2.75, 3.05) is 7.11 Å². The molecule has 0 radical (unpaired) electrons. The summed E-state index contributed by atoms with van der Waals surface area (Å²) in [4.78, 5) is 19.8. The normalized spacial score (nSPS) is 14.2. The fourth-order valence-corrected chi connectivity index (χ4v) is 4.30. The van der Waals surface area contributed by atoms with Gasteiger partial charge in [0.2, 0.25) is 0 Å². The molecule has 0 saturated heterocycles. The summed E-state index contributed by atoms with van der Waals surface area (Å²) in [6.45, 7) is 0.450. The third-order valence-corrected chi connectivity index (χ3v) is 5.96. The fraction of sp³-hybridized carbons (Fsp3) is 0.280. The summed E-state index contributed by atoms with van der Waals surface area (Å²) in [6.07, 6.45) is 10.2. The second-order valence-electron chi connectivity index (χ2n) is 8.00. The van der Waals surface area contributed by atoms with Crippen LogP contribution in [-0.4, -0.2) is 27.7 Å². The first kappa shape index (κ1) is 19.4. The first-order valence-corrected chi connectivity index (χ1v) is 10.7. The van der Waals surface area contributed by atoms with Gasteiger partial charge in [0.1, 0.15) is 0 Å². The number of rotatable bonds is 6. The molecule has 6 heteroatoms. The second-order valence-corrected chi connectivity index (χ2v) is 8.00. The summed E-state index contributed by atoms with van der Waals surface area (Å²) < 4.78 is 13.4. The van der Waals surface area contributed by atoms with Gasteiger partial charge in [0.05, 0.1) is 19.8 Å². The van der Waals surface area contributed by atoms with E-state index >= 15 is 0 Å². The molecule has 2 aromatic carbocycles. The van der Waals surface area contributed by atoms with Crippen molar-refractivity contribution in [3.8, 4) is 22.6 Å². The fourth-order valence-electron chi connectivity index (χ4n) is 4.30. The number of aromatic amines is 1. The van der Waals surface area contributed by atoms with E-state index in [-0.39, 0.29) is 11.8 Å². The Morgan fingerprint density at radius 2 is 1.94 bits per heavy atom. The van der Waals surface area contributed by atoms with Crippen LogP contribution in [0.2, 0.25) is 0 Å². The molecule has 0 atom stereocenters. The number of hydrogen-bond acceptors (Lipinski definition) is 4. The Bertz CT molecular complexity index is 1270. The molecule has 0 unspecified atom stereocenters. The number of benzene rings is 2. The van der Waals surface area contributed by atoms with Crippen molar-refractivity contribution in [3.63, 3.8) is 0 Å². The number of para-hydroxylation sites is 1. The number of ether oxygens (including phenoxy) is 2. The predicted octanol–water partition coefficient (Wildman–Crippen LogP) is 4.77. The lowest BCUT2D eigenvalue weighted by Crippen LogP contribution is -2.22. The van der Waals surface area contributed by atoms with Crippen molar-refractivity contribution in [1.29, 1.82) is 0 Å². The molecule has 5 rings (SSSR count). The van der Waals surface area contributed by atoms with Gasteiger partial charge in [-0.2, -0.15) is 0 Å². The van der Waals surface area contributed by atoms with E-state index in [1.165, 1.54) is 12.8 Å². The van der Waals surface area contributed by atoms with Gasteiger partial charge in [-0.15, -0.1) is 0 Å². The SMILES string of the molecule is COc1ccc(-c2cnc(=O)n(Cc3c[nH]c4ccccc34)c2)cc1OC1CCCC1. The van der Waals surface area contributed by atoms with Crippen LogP contribution < -0.4 is 15.2 Å². The number of nitrogens with zero attached hydrogens (tertiary/aromatic N) is 2. The summed E-state index contributed by atoms with van der Waals surface area (Å²) in [7, 11) is 1.65. The van der Waals surface area contributed by atoms with Gasteiger partial charge in [-0.25, -0.2) is 9.78 Å². The summed E-state index contributed by atoms with van der Waals surface area (Å²) in [5, 5.41) is 1.11. The van der Waals surface area contributed by atoms with Gasteiger partial charge >= 0.3 is 5.69 Å². The molecule has 158 valence electrons. The third kappa shape index (κ3) is 3.93. The van der Waals surface area contributed by atoms with Crippen LogP contribution in [0.15, 0.2) is 65.8 Å². The number of methoxy groups -OCH3 is 1. The Morgan fingerprint density at radius 3 is 2.77 bits per heavy atom. The largest absolute Gasteiger partial charge is 0.493 e. The molecular weight excluding hydrogens is 390 g/mol. The van der Waals surface area contributed by atoms with Crippen LogP contribution in [0.4, 0.5) is 0 Å². The monoisotopic (exact) mass is 415 g/mol. The minimum absolute atomic E-state index is 0.234. The first-order valence-electron chi connectivity index (χ1n) is 10.7. The summed E-state index contributed by atoms with van der Waals surface area (Å²) >= 11 is 0. The van der Waals surface area contributed by atoms with Gasteiger partial charge in [0, 0.05) is 35.1 Å². The van der Waals surface area contributed by atoms with E-state index in [2.05, 4.69) is 16.0 Å². The highest BCUT2D eigenvalue weighted by Crippen LogP contribution is 2.35. The maximum Gasteiger partial charge on any atom is 0.347 e. The van der Waals surface area contributed by atoms with Crippen molar-refractivity contribution in [1.82, 2.24) is 14.5 Å². The molecule has 1 N–H and O–H groups in total. The Kier molecular flexibility index (Phi) is 5.20. The molecule has 31 heavy (non-hydrogen) atoms. The Labute approximate surface area is 180 Å². The smallest absolute Gasteiger partial charge is 0.347 e. The lowest BCUT2D eigenvalue weighted by molar-refractivity contribution is 0.201. The number of hydrogen-bond donors (Lipinski definition) is 1. The van der Waals surface area contributed by atoms with Crippen LogP contribution in [-0.2, 0) is 6.54 Å². The molecule has 6 nitrogen and oxygen atoms in total. The van der Waals surface area contributed by atoms with Crippen molar-refractivity contribution in [2.45, 2.75) is 38.3 Å². The van der Waals surface area contributed by atoms with Crippen molar-refractivity contribution < 1.29 is 9.47 Å². The summed E-state index contributed by atoms with van der Waals surface area (Å²) in [6, 6.07) is 13.9. The molecule has 4 aromatic rings. The Hall–Kier alpha value is -3.54. The van der Waals surface area contributed by atoms with Gasteiger partial charge < -0.3 is 14.5 Å². The molecule has 0 spiro atoms. The molecule has 1 aliphatic rings. The molecule has 0 aliphatic heterocycles. The van der Waals surface area contributed by atoms with E-state index in [1.807, 2.05) is 48.8 Å². The molecule has 2 aromatic heterocycles. The number of aromatic nitrogens is 3. The first-order chi connectivity index (χ1) is 15.2. The van der Waals surface area contributed by atoms with E-state index in [0.717, 1.165) is 51.9 Å². The maximum absolute atomic E-state index is 12.5. The number of fused-ring (bicyclic) bond motifs is 1. The van der Waals surface area contributed by atoms with E-state index in [0.29, 0.717) is 6.54 Å². The summed E-state index contributed by atoms with van der Waals surface area (Å²) in [5.74, 6) is 1.46. The quantitative estimate of drug-likeness (QED) is 0.493. The van der Waals surface area contributed by atoms with Gasteiger partial charge in [0.15, 0.2) is 11.5 Å². The van der Waals surface area contributed by atoms with Crippen LogP contribution in [0.3, 0.4) is 0 Å². The third-order valence-electron chi connectivity index (χ3n) is 5.96. The van der Waals surface area contributed by atoms with Crippen LogP contribution in [0, 0.1) is 0 Å². The van der Waals surface area contributed by atoms with Crippen molar-refractivity contribution >= 4 is 10.9 Å². The predicted molar refractivity (Wildman–Crippen MR) is 121 cm³/mol. The van der Waals surface area contributed by atoms with E-state index < -0.39 is 0 Å². The standard InChI is InChI=1S/C25H25N3O3/c1-30-23-11-10-17(12-24(23)31-20-6-2-3-7-20)18-13-27-25(29)28(15-18)16-19-14-26-22-9-5-4-8-21(19)22/h4-5,8-15,20,26H,2-3,6-7,16H2,1H3. The van der Waals surface area contributed by atoms with Crippen LogP contribution >= 0.6 is 0 Å². The number of nitrogens with one attached hydrogen (secondary N) is 1. The minimum atomic E-state index is -0.273. The van der Waals surface area contributed by atoms with E-state index in [1.54, 1.807) is 17.9 Å². The molecule has 1 saturated carbocycles. The lowest BCUT2D eigenvalue weighted by Gasteiger charge is -2.17. The Morgan fingerprint density at radius 1 is 1.10 bits per heavy atom. The molecular formula is C25H25N3O3. The zero-order chi connectivity index (χ0) is 21.2. The van der Waals surface area contributed by atoms with E-state index in [9.17, 15) is 4.79 Å². The zero-order valence-electron chi connectivity index (χ0n) is 17.5. The highest BCUT2D eigenvalue weighted by Gasteiger charge is 2.19. The Balaban J connectivity index is 1.47. The van der Waals surface area contributed by atoms with E-state index in [4.69, 9.17) is 9.47 Å². The average Bonchev–Trinajstić information content (AvgIpc) is 3.45. The van der Waals surface area contributed by atoms with Gasteiger partial charge in [-0.05, 0) is 55.0 Å². The topological polar surface area (TPSA) is 69.1 Å². The second kappa shape index (κ2) is 8.30. The molecule has 1 aliphatic carbocycles. The molecule has 2 heterocycles. The van der Waals surface area contributed by atoms with Gasteiger partial charge in [-0.3, -0.25) is 4.57 Å². The minimum Gasteiger partial charge on any atom is -0.493 e. The highest BCUT2D eigenvalue weighted by molar-refractivity contribution is 5.83. The van der Waals surface area contributed by atoms with Gasteiger partial charge in [0.25, 0.3) is 0 Å². The van der Waals surface area contributed by atoms with Crippen molar-refractivity contribution in [2.24, 2.45) is 0 Å². The molecule has 0 bridgehead atoms. The lowest BCUT2D eigenvalue weighted by atomic mass is 10.1. The van der Waals surface area contributed by atoms with Crippen LogP contribution in [0.1, 0.15) is 31.2 Å². The average molecular weight is 415 g/mol. The van der Waals surface area contributed by atoms with Crippen molar-refractivity contribution in [3.05, 3.63) is 77.1 Å². The molecule has 0 amide bonds. The zero-order valence-corrected chi connectivity index (χ0v) is 17.5.